The number of β-lactam (4-membered cyclic amide) rings is 1. The van der Waals surface area contributed by atoms with E-state index in [0.717, 1.165) is 45.3 Å². The maximum Gasteiger partial charge on any atom is 0.358 e. The van der Waals surface area contributed by atoms with Gasteiger partial charge in [0.2, 0.25) is 6.79 Å². The van der Waals surface area contributed by atoms with Gasteiger partial charge < -0.3 is 24.8 Å². The number of aliphatic imine (C=N–C) groups is 1. The van der Waals surface area contributed by atoms with Gasteiger partial charge >= 0.3 is 17.9 Å². The quantitative estimate of drug-likeness (QED) is 0.150. The molecule has 0 aliphatic carbocycles. The molecule has 12 heteroatoms. The maximum absolute atomic E-state index is 13.0. The maximum atomic E-state index is 13.0. The van der Waals surface area contributed by atoms with Gasteiger partial charge in [0.15, 0.2) is 6.04 Å². The van der Waals surface area contributed by atoms with Crippen LogP contribution in [-0.2, 0) is 33.4 Å². The molecule has 3 rings (SSSR count). The molecule has 2 N–H and O–H groups in total. The smallest absolute Gasteiger partial charge is 0.358 e. The number of likely N-dealkylation sites (tertiary alicyclic amines) is 1. The van der Waals surface area contributed by atoms with Crippen molar-refractivity contribution in [2.45, 2.75) is 50.9 Å². The van der Waals surface area contributed by atoms with Gasteiger partial charge in [-0.25, -0.2) is 4.79 Å². The molecule has 3 aliphatic heterocycles. The zero-order valence-electron chi connectivity index (χ0n) is 19.6. The summed E-state index contributed by atoms with van der Waals surface area (Å²) in [5, 5.41) is -0.358. The number of thioether (sulfide) groups is 1. The largest absolute Gasteiger partial charge is 0.461 e. The molecule has 0 aromatic carbocycles. The number of hydrogen-bond acceptors (Lipinski definition) is 10. The zero-order valence-corrected chi connectivity index (χ0v) is 20.4. The Kier molecular flexibility index (Phi) is 9.34. The molecule has 3 aliphatic rings. The van der Waals surface area contributed by atoms with E-state index in [1.807, 2.05) is 0 Å². The standard InChI is InChI=1S/C22H32N4O7S/c1-14(27)31-10-17-11-34-21-18(24-12-25-8-5-16(6-9-25)4-3-7-23)20(29)26(21)19(17)22(30)33-13-32-15(2)28/h12,16,18,21H,3-11,13,23H2,1-2H3/t18-,21-/m1/s1. The zero-order chi connectivity index (χ0) is 24.7. The van der Waals surface area contributed by atoms with Crippen LogP contribution in [0.1, 0.15) is 39.5 Å². The van der Waals surface area contributed by atoms with E-state index in [2.05, 4.69) is 14.6 Å². The van der Waals surface area contributed by atoms with Crippen molar-refractivity contribution in [3.8, 4) is 0 Å². The van der Waals surface area contributed by atoms with Gasteiger partial charge in [-0.3, -0.25) is 24.3 Å². The Morgan fingerprint density at radius 3 is 2.50 bits per heavy atom. The van der Waals surface area contributed by atoms with Crippen LogP contribution in [0.4, 0.5) is 0 Å². The first-order chi connectivity index (χ1) is 16.3. The number of rotatable bonds is 10. The molecule has 0 radical (unpaired) electrons. The summed E-state index contributed by atoms with van der Waals surface area (Å²) in [6.45, 7) is 4.25. The van der Waals surface area contributed by atoms with Crippen LogP contribution in [0.15, 0.2) is 16.3 Å². The highest BCUT2D eigenvalue weighted by Gasteiger charge is 2.54. The lowest BCUT2D eigenvalue weighted by atomic mass is 9.92. The van der Waals surface area contributed by atoms with Crippen LogP contribution in [0.25, 0.3) is 0 Å². The van der Waals surface area contributed by atoms with Gasteiger partial charge in [-0.05, 0) is 38.1 Å². The third-order valence-corrected chi connectivity index (χ3v) is 7.30. The van der Waals surface area contributed by atoms with Crippen molar-refractivity contribution in [2.24, 2.45) is 16.6 Å². The van der Waals surface area contributed by atoms with Gasteiger partial charge in [0.05, 0.1) is 6.34 Å². The predicted octanol–water partition coefficient (Wildman–Crippen LogP) is 0.630. The minimum atomic E-state index is -0.816. The minimum absolute atomic E-state index is 0.0225. The molecule has 0 aromatic rings. The summed E-state index contributed by atoms with van der Waals surface area (Å²) in [4.78, 5) is 55.9. The highest BCUT2D eigenvalue weighted by Crippen LogP contribution is 2.42. The number of nitrogens with zero attached hydrogens (tertiary/aromatic N) is 3. The summed E-state index contributed by atoms with van der Waals surface area (Å²) in [5.41, 5.74) is 6.08. The molecule has 0 aromatic heterocycles. The number of carbonyl (C=O) groups excluding carboxylic acids is 4. The van der Waals surface area contributed by atoms with Crippen molar-refractivity contribution in [1.82, 2.24) is 9.80 Å². The van der Waals surface area contributed by atoms with E-state index in [0.29, 0.717) is 17.2 Å². The SMILES string of the molecule is CC(=O)OCOC(=O)C1=C(COC(C)=O)CS[C@@H]2[C@H](N=CN3CCC(CCCN)CC3)C(=O)N12. The van der Waals surface area contributed by atoms with Gasteiger partial charge in [0.1, 0.15) is 17.7 Å². The van der Waals surface area contributed by atoms with Crippen molar-refractivity contribution in [3.05, 3.63) is 11.3 Å². The second-order valence-electron chi connectivity index (χ2n) is 8.45. The Hall–Kier alpha value is -2.60. The van der Waals surface area contributed by atoms with Gasteiger partial charge in [-0.2, -0.15) is 0 Å². The van der Waals surface area contributed by atoms with Crippen molar-refractivity contribution in [2.75, 3.05) is 38.8 Å². The van der Waals surface area contributed by atoms with E-state index in [-0.39, 0.29) is 23.6 Å². The van der Waals surface area contributed by atoms with E-state index in [1.165, 1.54) is 30.5 Å². The lowest BCUT2D eigenvalue weighted by Gasteiger charge is -2.48. The number of nitrogens with two attached hydrogens (primary N) is 1. The Labute approximate surface area is 203 Å². The number of ether oxygens (including phenoxy) is 3. The fourth-order valence-electron chi connectivity index (χ4n) is 4.12. The van der Waals surface area contributed by atoms with Crippen molar-refractivity contribution < 1.29 is 33.4 Å². The lowest BCUT2D eigenvalue weighted by Crippen LogP contribution is -2.64. The third-order valence-electron chi connectivity index (χ3n) is 5.97. The molecule has 1 amide bonds. The second-order valence-corrected chi connectivity index (χ2v) is 9.55. The molecule has 11 nitrogen and oxygen atoms in total. The van der Waals surface area contributed by atoms with Crippen molar-refractivity contribution >= 4 is 41.9 Å². The molecule has 3 heterocycles. The molecule has 34 heavy (non-hydrogen) atoms. The average molecular weight is 497 g/mol. The fraction of sp³-hybridized carbons (Fsp3) is 0.682. The molecule has 0 spiro atoms. The number of carbonyl (C=O) groups is 4. The third kappa shape index (κ3) is 6.50. The van der Waals surface area contributed by atoms with Crippen LogP contribution in [0.3, 0.4) is 0 Å². The van der Waals surface area contributed by atoms with E-state index >= 15 is 0 Å². The molecule has 2 saturated heterocycles. The number of piperidine rings is 1. The predicted molar refractivity (Wildman–Crippen MR) is 124 cm³/mol. The summed E-state index contributed by atoms with van der Waals surface area (Å²) in [6, 6.07) is -0.605. The summed E-state index contributed by atoms with van der Waals surface area (Å²) in [6.07, 6.45) is 6.10. The van der Waals surface area contributed by atoms with E-state index < -0.39 is 30.7 Å². The Morgan fingerprint density at radius 2 is 1.85 bits per heavy atom. The molecular weight excluding hydrogens is 464 g/mol. The van der Waals surface area contributed by atoms with E-state index in [1.54, 1.807) is 6.34 Å². The Morgan fingerprint density at radius 1 is 1.15 bits per heavy atom. The summed E-state index contributed by atoms with van der Waals surface area (Å²) in [7, 11) is 0. The topological polar surface area (TPSA) is 141 Å². The highest BCUT2D eigenvalue weighted by atomic mass is 32.2. The monoisotopic (exact) mass is 496 g/mol. The summed E-state index contributed by atoms with van der Waals surface area (Å²) in [5.74, 6) is -1.19. The Balaban J connectivity index is 1.64. The van der Waals surface area contributed by atoms with Crippen LogP contribution < -0.4 is 5.73 Å². The highest BCUT2D eigenvalue weighted by molar-refractivity contribution is 8.00. The number of esters is 3. The number of amides is 1. The summed E-state index contributed by atoms with van der Waals surface area (Å²) >= 11 is 1.45. The normalized spacial score (nSPS) is 23.0. The summed E-state index contributed by atoms with van der Waals surface area (Å²) < 4.78 is 14.7. The lowest BCUT2D eigenvalue weighted by molar-refractivity contribution is -0.166. The van der Waals surface area contributed by atoms with E-state index in [4.69, 9.17) is 15.2 Å². The minimum Gasteiger partial charge on any atom is -0.461 e. The van der Waals surface area contributed by atoms with Gasteiger partial charge in [-0.15, -0.1) is 11.8 Å². The number of hydrogen-bond donors (Lipinski definition) is 1. The first-order valence-corrected chi connectivity index (χ1v) is 12.4. The molecule has 2 fully saturated rings. The van der Waals surface area contributed by atoms with Gasteiger partial charge in [0, 0.05) is 38.3 Å². The molecule has 2 atom stereocenters. The van der Waals surface area contributed by atoms with Crippen LogP contribution in [-0.4, -0.2) is 90.2 Å². The Bertz CT molecular complexity index is 854. The van der Waals surface area contributed by atoms with Gasteiger partial charge in [0.25, 0.3) is 5.91 Å². The van der Waals surface area contributed by atoms with Crippen LogP contribution in [0, 0.1) is 5.92 Å². The van der Waals surface area contributed by atoms with Crippen LogP contribution in [0.2, 0.25) is 0 Å². The fourth-order valence-corrected chi connectivity index (χ4v) is 5.44. The first kappa shape index (κ1) is 26.0. The molecule has 0 bridgehead atoms. The molecule has 0 saturated carbocycles. The molecule has 188 valence electrons. The van der Waals surface area contributed by atoms with Gasteiger partial charge in [-0.1, -0.05) is 0 Å². The second kappa shape index (κ2) is 12.2. The molecular formula is C22H32N4O7S. The molecule has 0 unspecified atom stereocenters. The number of fused-ring (bicyclic) bond motifs is 1. The van der Waals surface area contributed by atoms with Crippen LogP contribution >= 0.6 is 11.8 Å². The van der Waals surface area contributed by atoms with Crippen LogP contribution in [0.5, 0.6) is 0 Å². The van der Waals surface area contributed by atoms with E-state index in [9.17, 15) is 19.2 Å². The van der Waals surface area contributed by atoms with Crippen molar-refractivity contribution in [3.63, 3.8) is 0 Å². The first-order valence-electron chi connectivity index (χ1n) is 11.4. The average Bonchev–Trinajstić information content (AvgIpc) is 2.81. The van der Waals surface area contributed by atoms with Crippen molar-refractivity contribution in [1.29, 1.82) is 0 Å².